The van der Waals surface area contributed by atoms with E-state index in [9.17, 15) is 9.59 Å². The predicted molar refractivity (Wildman–Crippen MR) is 115 cm³/mol. The van der Waals surface area contributed by atoms with Crippen LogP contribution in [0, 0.1) is 0 Å². The molecule has 0 radical (unpaired) electrons. The second kappa shape index (κ2) is 6.97. The van der Waals surface area contributed by atoms with Gasteiger partial charge < -0.3 is 4.74 Å². The topological polar surface area (TPSA) is 79.0 Å². The van der Waals surface area contributed by atoms with Crippen molar-refractivity contribution in [3.05, 3.63) is 100 Å². The first-order chi connectivity index (χ1) is 14.7. The molecule has 0 saturated carbocycles. The second-order valence-corrected chi connectivity index (χ2v) is 6.71. The molecule has 0 fully saturated rings. The Morgan fingerprint density at radius 3 is 2.33 bits per heavy atom. The average Bonchev–Trinajstić information content (AvgIpc) is 2.80. The standard InChI is InChI=1S/C23H16N4O3/c1-30-16-7-5-15(6-8-16)26-12-9-17-18(22(26)28)14-25-19-10-13-27(23(29)21(17)19)20-4-2-3-11-24-20/h2-14H,1H3. The predicted octanol–water partition coefficient (Wildman–Crippen LogP) is 3.09. The van der Waals surface area contributed by atoms with Gasteiger partial charge >= 0.3 is 0 Å². The van der Waals surface area contributed by atoms with Crippen molar-refractivity contribution in [1.82, 2.24) is 19.1 Å². The van der Waals surface area contributed by atoms with Crippen LogP contribution in [-0.4, -0.2) is 26.2 Å². The minimum absolute atomic E-state index is 0.250. The molecule has 146 valence electrons. The Labute approximate surface area is 170 Å². The van der Waals surface area contributed by atoms with Crippen LogP contribution in [0.5, 0.6) is 5.75 Å². The zero-order chi connectivity index (χ0) is 20.7. The summed E-state index contributed by atoms with van der Waals surface area (Å²) in [7, 11) is 1.59. The molecule has 0 saturated heterocycles. The van der Waals surface area contributed by atoms with Crippen LogP contribution in [0.3, 0.4) is 0 Å². The van der Waals surface area contributed by atoms with E-state index in [1.54, 1.807) is 74.2 Å². The quantitative estimate of drug-likeness (QED) is 0.438. The monoisotopic (exact) mass is 396 g/mol. The molecule has 0 spiro atoms. The summed E-state index contributed by atoms with van der Waals surface area (Å²) in [6, 6.07) is 16.1. The number of hydrogen-bond donors (Lipinski definition) is 0. The molecule has 0 bridgehead atoms. The van der Waals surface area contributed by atoms with Crippen LogP contribution in [0.2, 0.25) is 0 Å². The van der Waals surface area contributed by atoms with E-state index in [4.69, 9.17) is 4.74 Å². The third-order valence-electron chi connectivity index (χ3n) is 5.05. The fourth-order valence-corrected chi connectivity index (χ4v) is 3.54. The third kappa shape index (κ3) is 2.76. The van der Waals surface area contributed by atoms with Gasteiger partial charge in [-0.05, 0) is 48.5 Å². The maximum Gasteiger partial charge on any atom is 0.266 e. The van der Waals surface area contributed by atoms with Crippen LogP contribution in [0.4, 0.5) is 0 Å². The smallest absolute Gasteiger partial charge is 0.266 e. The third-order valence-corrected chi connectivity index (χ3v) is 5.05. The molecule has 4 aromatic heterocycles. The first kappa shape index (κ1) is 17.8. The molecule has 1 aromatic carbocycles. The number of ether oxygens (including phenoxy) is 1. The van der Waals surface area contributed by atoms with Gasteiger partial charge in [0.2, 0.25) is 0 Å². The summed E-state index contributed by atoms with van der Waals surface area (Å²) in [5, 5.41) is 1.32. The lowest BCUT2D eigenvalue weighted by Crippen LogP contribution is -2.21. The van der Waals surface area contributed by atoms with Crippen LogP contribution >= 0.6 is 0 Å². The van der Waals surface area contributed by atoms with Crippen molar-refractivity contribution < 1.29 is 4.74 Å². The molecular formula is C23H16N4O3. The molecule has 30 heavy (non-hydrogen) atoms. The minimum Gasteiger partial charge on any atom is -0.497 e. The molecular weight excluding hydrogens is 380 g/mol. The van der Waals surface area contributed by atoms with Gasteiger partial charge in [0.1, 0.15) is 11.6 Å². The molecule has 0 N–H and O–H groups in total. The zero-order valence-corrected chi connectivity index (χ0v) is 16.0. The van der Waals surface area contributed by atoms with Crippen LogP contribution < -0.4 is 15.9 Å². The highest BCUT2D eigenvalue weighted by molar-refractivity contribution is 6.04. The number of benzene rings is 1. The maximum absolute atomic E-state index is 13.2. The summed E-state index contributed by atoms with van der Waals surface area (Å²) in [5.74, 6) is 1.21. The Kier molecular flexibility index (Phi) is 4.14. The molecule has 0 aliphatic heterocycles. The van der Waals surface area contributed by atoms with E-state index >= 15 is 0 Å². The van der Waals surface area contributed by atoms with E-state index < -0.39 is 0 Å². The van der Waals surface area contributed by atoms with Gasteiger partial charge in [-0.25, -0.2) is 4.98 Å². The Bertz CT molecular complexity index is 1500. The molecule has 0 aliphatic carbocycles. The van der Waals surface area contributed by atoms with Crippen molar-refractivity contribution in [3.8, 4) is 17.3 Å². The fourth-order valence-electron chi connectivity index (χ4n) is 3.54. The highest BCUT2D eigenvalue weighted by atomic mass is 16.5. The lowest BCUT2D eigenvalue weighted by Gasteiger charge is -2.10. The van der Waals surface area contributed by atoms with Crippen molar-refractivity contribution in [3.63, 3.8) is 0 Å². The van der Waals surface area contributed by atoms with Crippen molar-refractivity contribution >= 4 is 21.7 Å². The van der Waals surface area contributed by atoms with Crippen molar-refractivity contribution in [2.24, 2.45) is 0 Å². The van der Waals surface area contributed by atoms with Gasteiger partial charge in [-0.2, -0.15) is 0 Å². The molecule has 0 aliphatic rings. The van der Waals surface area contributed by atoms with E-state index in [1.807, 2.05) is 6.07 Å². The molecule has 5 aromatic rings. The number of methoxy groups -OCH3 is 1. The summed E-state index contributed by atoms with van der Waals surface area (Å²) >= 11 is 0. The van der Waals surface area contributed by atoms with Gasteiger partial charge in [0.05, 0.1) is 23.4 Å². The van der Waals surface area contributed by atoms with Crippen LogP contribution in [0.15, 0.2) is 89.0 Å². The zero-order valence-electron chi connectivity index (χ0n) is 16.0. The Morgan fingerprint density at radius 1 is 0.800 bits per heavy atom. The van der Waals surface area contributed by atoms with Crippen LogP contribution in [0.1, 0.15) is 0 Å². The van der Waals surface area contributed by atoms with Gasteiger partial charge in [-0.15, -0.1) is 0 Å². The minimum atomic E-state index is -0.272. The average molecular weight is 396 g/mol. The van der Waals surface area contributed by atoms with Crippen molar-refractivity contribution in [1.29, 1.82) is 0 Å². The largest absolute Gasteiger partial charge is 0.497 e. The van der Waals surface area contributed by atoms with E-state index in [0.29, 0.717) is 38.9 Å². The van der Waals surface area contributed by atoms with E-state index in [-0.39, 0.29) is 11.1 Å². The number of pyridine rings is 4. The van der Waals surface area contributed by atoms with Gasteiger partial charge in [0.15, 0.2) is 0 Å². The van der Waals surface area contributed by atoms with Crippen LogP contribution in [0.25, 0.3) is 33.2 Å². The number of rotatable bonds is 3. The Morgan fingerprint density at radius 2 is 1.60 bits per heavy atom. The highest BCUT2D eigenvalue weighted by Gasteiger charge is 2.13. The summed E-state index contributed by atoms with van der Waals surface area (Å²) in [6.45, 7) is 0. The summed E-state index contributed by atoms with van der Waals surface area (Å²) in [4.78, 5) is 35.0. The van der Waals surface area contributed by atoms with Crippen molar-refractivity contribution in [2.75, 3.05) is 7.11 Å². The van der Waals surface area contributed by atoms with Crippen LogP contribution in [-0.2, 0) is 0 Å². The molecule has 4 heterocycles. The first-order valence-corrected chi connectivity index (χ1v) is 9.29. The molecule has 7 heteroatoms. The molecule has 7 nitrogen and oxygen atoms in total. The lowest BCUT2D eigenvalue weighted by atomic mass is 10.1. The maximum atomic E-state index is 13.2. The summed E-state index contributed by atoms with van der Waals surface area (Å²) in [5.41, 5.74) is 0.702. The molecule has 5 rings (SSSR count). The number of aromatic nitrogens is 4. The lowest BCUT2D eigenvalue weighted by molar-refractivity contribution is 0.414. The van der Waals surface area contributed by atoms with Gasteiger partial charge in [0, 0.05) is 35.9 Å². The Hall–Kier alpha value is -4.26. The number of nitrogens with zero attached hydrogens (tertiary/aromatic N) is 4. The second-order valence-electron chi connectivity index (χ2n) is 6.71. The molecule has 0 unspecified atom stereocenters. The van der Waals surface area contributed by atoms with Gasteiger partial charge in [-0.3, -0.25) is 23.7 Å². The van der Waals surface area contributed by atoms with Gasteiger partial charge in [0.25, 0.3) is 11.1 Å². The number of hydrogen-bond acceptors (Lipinski definition) is 5. The fraction of sp³-hybridized carbons (Fsp3) is 0.0435. The molecule has 0 atom stereocenters. The summed E-state index contributed by atoms with van der Waals surface area (Å²) in [6.07, 6.45) is 6.46. The van der Waals surface area contributed by atoms with Crippen molar-refractivity contribution in [2.45, 2.75) is 0 Å². The van der Waals surface area contributed by atoms with E-state index in [0.717, 1.165) is 0 Å². The number of fused-ring (bicyclic) bond motifs is 3. The first-order valence-electron chi connectivity index (χ1n) is 9.29. The SMILES string of the molecule is COc1ccc(-n2ccc3c(cnc4ccn(-c5ccccn5)c(=O)c43)c2=O)cc1. The van der Waals surface area contributed by atoms with Gasteiger partial charge in [-0.1, -0.05) is 6.07 Å². The Balaban J connectivity index is 1.77. The summed E-state index contributed by atoms with van der Waals surface area (Å²) < 4.78 is 8.16. The van der Waals surface area contributed by atoms with E-state index in [1.165, 1.54) is 15.3 Å². The normalized spacial score (nSPS) is 11.1. The highest BCUT2D eigenvalue weighted by Crippen LogP contribution is 2.20. The van der Waals surface area contributed by atoms with E-state index in [2.05, 4.69) is 9.97 Å². The molecule has 0 amide bonds.